The number of hydrogen-bond donors (Lipinski definition) is 0. The van der Waals surface area contributed by atoms with Gasteiger partial charge in [-0.3, -0.25) is 0 Å². The van der Waals surface area contributed by atoms with Crippen molar-refractivity contribution in [3.8, 4) is 0 Å². The highest BCUT2D eigenvalue weighted by Crippen LogP contribution is 2.09. The first kappa shape index (κ1) is 15.1. The summed E-state index contributed by atoms with van der Waals surface area (Å²) in [4.78, 5) is 3.75. The van der Waals surface area contributed by atoms with E-state index in [0.717, 1.165) is 4.31 Å². The quantitative estimate of drug-likeness (QED) is 0.704. The van der Waals surface area contributed by atoms with Crippen LogP contribution in [0.25, 0.3) is 0 Å². The van der Waals surface area contributed by atoms with E-state index < -0.39 is 19.9 Å². The highest BCUT2D eigenvalue weighted by molar-refractivity contribution is 7.91. The molecule has 0 aliphatic heterocycles. The molecule has 1 heterocycles. The molecule has 9 heteroatoms. The highest BCUT2D eigenvalue weighted by atomic mass is 32.2. The molecule has 0 saturated carbocycles. The van der Waals surface area contributed by atoms with Gasteiger partial charge in [0.05, 0.1) is 11.5 Å². The number of imidazole rings is 1. The number of sulfone groups is 1. The fraction of sp³-hybridized carbons (Fsp3) is 0.667. The first-order valence-electron chi connectivity index (χ1n) is 5.27. The van der Waals surface area contributed by atoms with Crippen molar-refractivity contribution in [2.75, 3.05) is 25.6 Å². The Morgan fingerprint density at radius 3 is 2.28 bits per heavy atom. The van der Waals surface area contributed by atoms with E-state index in [9.17, 15) is 16.8 Å². The van der Waals surface area contributed by atoms with Crippen molar-refractivity contribution < 1.29 is 16.8 Å². The molecule has 0 bridgehead atoms. The predicted octanol–water partition coefficient (Wildman–Crippen LogP) is -0.525. The van der Waals surface area contributed by atoms with Gasteiger partial charge >= 0.3 is 0 Å². The Labute approximate surface area is 107 Å². The monoisotopic (exact) mass is 295 g/mol. The van der Waals surface area contributed by atoms with E-state index in [1.165, 1.54) is 31.1 Å². The van der Waals surface area contributed by atoms with Crippen LogP contribution in [0.1, 0.15) is 6.42 Å². The molecule has 0 fully saturated rings. The van der Waals surface area contributed by atoms with E-state index in [4.69, 9.17) is 0 Å². The van der Waals surface area contributed by atoms with Crippen molar-refractivity contribution >= 4 is 19.9 Å². The molecule has 18 heavy (non-hydrogen) atoms. The molecule has 0 N–H and O–H groups in total. The number of aromatic nitrogens is 2. The van der Waals surface area contributed by atoms with Crippen molar-refractivity contribution in [3.05, 3.63) is 12.4 Å². The summed E-state index contributed by atoms with van der Waals surface area (Å²) in [6.07, 6.45) is 2.97. The SMILES string of the molecule is CN(C)S(=O)(=O)CCCS(=O)(=O)c1nccn1C. The zero-order valence-corrected chi connectivity index (χ0v) is 12.2. The van der Waals surface area contributed by atoms with Crippen LogP contribution in [0.15, 0.2) is 17.6 Å². The summed E-state index contributed by atoms with van der Waals surface area (Å²) in [5.41, 5.74) is 0. The lowest BCUT2D eigenvalue weighted by molar-refractivity contribution is 0.519. The van der Waals surface area contributed by atoms with Gasteiger partial charge in [0, 0.05) is 33.5 Å². The van der Waals surface area contributed by atoms with Gasteiger partial charge in [-0.15, -0.1) is 0 Å². The van der Waals surface area contributed by atoms with E-state index in [2.05, 4.69) is 4.98 Å². The number of rotatable bonds is 6. The van der Waals surface area contributed by atoms with Gasteiger partial charge < -0.3 is 4.57 Å². The zero-order chi connectivity index (χ0) is 14.0. The summed E-state index contributed by atoms with van der Waals surface area (Å²) >= 11 is 0. The summed E-state index contributed by atoms with van der Waals surface area (Å²) < 4.78 is 49.2. The van der Waals surface area contributed by atoms with Crippen LogP contribution in [0.2, 0.25) is 0 Å². The molecule has 1 aromatic heterocycles. The van der Waals surface area contributed by atoms with Crippen LogP contribution in [-0.2, 0) is 26.9 Å². The van der Waals surface area contributed by atoms with Crippen molar-refractivity contribution in [3.63, 3.8) is 0 Å². The van der Waals surface area contributed by atoms with Crippen LogP contribution < -0.4 is 0 Å². The smallest absolute Gasteiger partial charge is 0.227 e. The van der Waals surface area contributed by atoms with Gasteiger partial charge in [-0.05, 0) is 6.42 Å². The number of nitrogens with zero attached hydrogens (tertiary/aromatic N) is 3. The number of aryl methyl sites for hydroxylation is 1. The molecule has 0 unspecified atom stereocenters. The average molecular weight is 295 g/mol. The van der Waals surface area contributed by atoms with Gasteiger partial charge in [0.15, 0.2) is 0 Å². The van der Waals surface area contributed by atoms with Crippen molar-refractivity contribution in [1.82, 2.24) is 13.9 Å². The molecule has 0 aliphatic rings. The first-order valence-corrected chi connectivity index (χ1v) is 8.53. The molecule has 0 amide bonds. The van der Waals surface area contributed by atoms with Crippen LogP contribution in [0.5, 0.6) is 0 Å². The van der Waals surface area contributed by atoms with Gasteiger partial charge in [0.1, 0.15) is 0 Å². The largest absolute Gasteiger partial charge is 0.325 e. The van der Waals surface area contributed by atoms with E-state index in [1.54, 1.807) is 7.05 Å². The third-order valence-corrected chi connectivity index (χ3v) is 6.12. The summed E-state index contributed by atoms with van der Waals surface area (Å²) in [7, 11) is -2.47. The third-order valence-electron chi connectivity index (χ3n) is 2.43. The minimum atomic E-state index is -3.53. The van der Waals surface area contributed by atoms with Crippen LogP contribution in [0, 0.1) is 0 Å². The molecule has 0 aliphatic carbocycles. The second kappa shape index (κ2) is 5.37. The van der Waals surface area contributed by atoms with Gasteiger partial charge in [-0.1, -0.05) is 0 Å². The van der Waals surface area contributed by atoms with E-state index in [-0.39, 0.29) is 23.1 Å². The maximum atomic E-state index is 11.9. The minimum absolute atomic E-state index is 0.0373. The van der Waals surface area contributed by atoms with Gasteiger partial charge in [-0.25, -0.2) is 26.1 Å². The Kier molecular flexibility index (Phi) is 4.51. The Morgan fingerprint density at radius 1 is 1.22 bits per heavy atom. The molecule has 0 radical (unpaired) electrons. The fourth-order valence-corrected chi connectivity index (χ4v) is 3.84. The molecule has 1 aromatic rings. The maximum absolute atomic E-state index is 11.9. The van der Waals surface area contributed by atoms with Crippen molar-refractivity contribution in [2.45, 2.75) is 11.6 Å². The Hall–Kier alpha value is -0.930. The average Bonchev–Trinajstić information content (AvgIpc) is 2.64. The standard InChI is InChI=1S/C9H17N3O4S2/c1-11(2)18(15,16)8-4-7-17(13,14)9-10-5-6-12(9)3/h5-6H,4,7-8H2,1-3H3. The van der Waals surface area contributed by atoms with Gasteiger partial charge in [0.2, 0.25) is 25.0 Å². The Bertz CT molecular complexity index is 602. The third kappa shape index (κ3) is 3.53. The molecule has 1 rings (SSSR count). The lowest BCUT2D eigenvalue weighted by Gasteiger charge is -2.10. The van der Waals surface area contributed by atoms with Crippen LogP contribution in [0.3, 0.4) is 0 Å². The van der Waals surface area contributed by atoms with Gasteiger partial charge in [0.25, 0.3) is 0 Å². The van der Waals surface area contributed by atoms with Crippen LogP contribution in [-0.4, -0.2) is 56.3 Å². The molecule has 0 atom stereocenters. The number of sulfonamides is 1. The lowest BCUT2D eigenvalue weighted by Crippen LogP contribution is -2.26. The van der Waals surface area contributed by atoms with Crippen LogP contribution >= 0.6 is 0 Å². The molecule has 0 aromatic carbocycles. The highest BCUT2D eigenvalue weighted by Gasteiger charge is 2.21. The molecule has 0 spiro atoms. The Balaban J connectivity index is 2.68. The molecular weight excluding hydrogens is 278 g/mol. The second-order valence-corrected chi connectivity index (χ2v) is 8.40. The molecular formula is C9H17N3O4S2. The second-order valence-electron chi connectivity index (χ2n) is 4.09. The molecule has 7 nitrogen and oxygen atoms in total. The summed E-state index contributed by atoms with van der Waals surface area (Å²) in [5, 5.41) is -0.0373. The van der Waals surface area contributed by atoms with E-state index in [0.29, 0.717) is 0 Å². The zero-order valence-electron chi connectivity index (χ0n) is 10.6. The summed E-state index contributed by atoms with van der Waals surface area (Å²) in [6, 6.07) is 0. The van der Waals surface area contributed by atoms with Gasteiger partial charge in [-0.2, -0.15) is 0 Å². The maximum Gasteiger partial charge on any atom is 0.227 e. The number of hydrogen-bond acceptors (Lipinski definition) is 5. The first-order chi connectivity index (χ1) is 8.17. The fourth-order valence-electron chi connectivity index (χ4n) is 1.36. The topological polar surface area (TPSA) is 89.3 Å². The van der Waals surface area contributed by atoms with E-state index >= 15 is 0 Å². The normalized spacial score (nSPS) is 13.1. The van der Waals surface area contributed by atoms with Crippen molar-refractivity contribution in [1.29, 1.82) is 0 Å². The predicted molar refractivity (Wildman–Crippen MR) is 67.4 cm³/mol. The molecule has 0 saturated heterocycles. The Morgan fingerprint density at radius 2 is 1.83 bits per heavy atom. The van der Waals surface area contributed by atoms with Crippen LogP contribution in [0.4, 0.5) is 0 Å². The summed E-state index contributed by atoms with van der Waals surface area (Å²) in [6.45, 7) is 0. The minimum Gasteiger partial charge on any atom is -0.325 e. The lowest BCUT2D eigenvalue weighted by atomic mass is 10.6. The summed E-state index contributed by atoms with van der Waals surface area (Å²) in [5.74, 6) is -0.422. The molecule has 104 valence electrons. The van der Waals surface area contributed by atoms with E-state index in [1.807, 2.05) is 0 Å². The van der Waals surface area contributed by atoms with Crippen molar-refractivity contribution in [2.24, 2.45) is 7.05 Å².